The zero-order chi connectivity index (χ0) is 24.0. The average Bonchev–Trinajstić information content (AvgIpc) is 3.29. The van der Waals surface area contributed by atoms with Crippen LogP contribution in [0.25, 0.3) is 27.8 Å². The number of aromatic carboxylic acids is 1. The Morgan fingerprint density at radius 2 is 2.09 bits per heavy atom. The number of carbonyl (C=O) groups is 1. The van der Waals surface area contributed by atoms with Crippen LogP contribution >= 0.6 is 0 Å². The number of nitrogens with zero attached hydrogens (tertiary/aromatic N) is 3. The third kappa shape index (κ3) is 3.91. The molecule has 0 saturated heterocycles. The standard InChI is InChI=1S/C25H23F2N3O4/c1-13-22(14(2)34-29-13)17-9-20-23(28-11-17)18(8-15-4-3-5-15)12-30(20)19-7-6-16(24(31)32)10-21(19)33-25(26)27/h6-7,9-12,15,25H,3-5,8H2,1-2H3,(H,31,32). The predicted molar refractivity (Wildman–Crippen MR) is 121 cm³/mol. The van der Waals surface area contributed by atoms with Gasteiger partial charge in [0.1, 0.15) is 5.76 Å². The van der Waals surface area contributed by atoms with Crippen molar-refractivity contribution in [3.8, 4) is 22.6 Å². The molecule has 5 rings (SSSR count). The molecule has 1 N–H and O–H groups in total. The molecule has 0 amide bonds. The maximum Gasteiger partial charge on any atom is 0.387 e. The number of halogens is 2. The van der Waals surface area contributed by atoms with E-state index in [2.05, 4.69) is 5.16 Å². The molecule has 1 aliphatic rings. The fourth-order valence-corrected chi connectivity index (χ4v) is 4.60. The molecule has 0 aliphatic heterocycles. The molecule has 0 bridgehead atoms. The van der Waals surface area contributed by atoms with Crippen LogP contribution in [0, 0.1) is 19.8 Å². The highest BCUT2D eigenvalue weighted by molar-refractivity contribution is 5.90. The third-order valence-electron chi connectivity index (χ3n) is 6.45. The second-order valence-corrected chi connectivity index (χ2v) is 8.68. The van der Waals surface area contributed by atoms with Crippen LogP contribution in [0.2, 0.25) is 0 Å². The maximum absolute atomic E-state index is 13.2. The number of hydrogen-bond acceptors (Lipinski definition) is 5. The number of fused-ring (bicyclic) bond motifs is 1. The second kappa shape index (κ2) is 8.55. The summed E-state index contributed by atoms with van der Waals surface area (Å²) in [5.41, 5.74) is 4.99. The van der Waals surface area contributed by atoms with Gasteiger partial charge in [0.25, 0.3) is 0 Å². The molecule has 1 aliphatic carbocycles. The molecule has 3 heterocycles. The normalized spacial score (nSPS) is 14.0. The van der Waals surface area contributed by atoms with E-state index in [0.717, 1.165) is 53.2 Å². The molecule has 1 fully saturated rings. The number of alkyl halides is 2. The van der Waals surface area contributed by atoms with Crippen molar-refractivity contribution in [2.24, 2.45) is 5.92 Å². The van der Waals surface area contributed by atoms with Gasteiger partial charge in [-0.1, -0.05) is 24.4 Å². The van der Waals surface area contributed by atoms with Crippen molar-refractivity contribution in [2.75, 3.05) is 0 Å². The lowest BCUT2D eigenvalue weighted by molar-refractivity contribution is -0.0499. The number of pyridine rings is 1. The van der Waals surface area contributed by atoms with Crippen molar-refractivity contribution in [1.82, 2.24) is 14.7 Å². The fourth-order valence-electron chi connectivity index (χ4n) is 4.60. The molecule has 34 heavy (non-hydrogen) atoms. The molecule has 176 valence electrons. The van der Waals surface area contributed by atoms with Crippen LogP contribution in [0.4, 0.5) is 8.78 Å². The molecule has 1 aromatic carbocycles. The van der Waals surface area contributed by atoms with E-state index in [0.29, 0.717) is 22.9 Å². The van der Waals surface area contributed by atoms with Crippen molar-refractivity contribution in [2.45, 2.75) is 46.1 Å². The smallest absolute Gasteiger partial charge is 0.387 e. The number of aromatic nitrogens is 3. The van der Waals surface area contributed by atoms with Crippen LogP contribution in [0.3, 0.4) is 0 Å². The van der Waals surface area contributed by atoms with Crippen LogP contribution in [-0.2, 0) is 6.42 Å². The molecule has 0 spiro atoms. The monoisotopic (exact) mass is 467 g/mol. The van der Waals surface area contributed by atoms with Gasteiger partial charge in [0.15, 0.2) is 5.75 Å². The van der Waals surface area contributed by atoms with Crippen molar-refractivity contribution in [3.05, 3.63) is 59.2 Å². The van der Waals surface area contributed by atoms with E-state index in [9.17, 15) is 18.7 Å². The SMILES string of the molecule is Cc1noc(C)c1-c1cnc2c(CC3CCC3)cn(-c3ccc(C(=O)O)cc3OC(F)F)c2c1. The number of hydrogen-bond donors (Lipinski definition) is 1. The third-order valence-corrected chi connectivity index (χ3v) is 6.45. The minimum Gasteiger partial charge on any atom is -0.478 e. The van der Waals surface area contributed by atoms with Crippen LogP contribution in [0.5, 0.6) is 5.75 Å². The highest BCUT2D eigenvalue weighted by Crippen LogP contribution is 2.37. The number of carboxylic acid groups (broad SMARTS) is 1. The summed E-state index contributed by atoms with van der Waals surface area (Å²) >= 11 is 0. The van der Waals surface area contributed by atoms with Gasteiger partial charge in [-0.2, -0.15) is 8.78 Å². The zero-order valence-corrected chi connectivity index (χ0v) is 18.7. The highest BCUT2D eigenvalue weighted by atomic mass is 19.3. The second-order valence-electron chi connectivity index (χ2n) is 8.68. The molecular formula is C25H23F2N3O4. The Labute approximate surface area is 194 Å². The number of benzene rings is 1. The quantitative estimate of drug-likeness (QED) is 0.362. The summed E-state index contributed by atoms with van der Waals surface area (Å²) in [5.74, 6) is -0.228. The van der Waals surface area contributed by atoms with Gasteiger partial charge in [0, 0.05) is 23.5 Å². The number of aryl methyl sites for hydroxylation is 2. The van der Waals surface area contributed by atoms with Gasteiger partial charge in [-0.3, -0.25) is 4.98 Å². The van der Waals surface area contributed by atoms with Gasteiger partial charge in [0.2, 0.25) is 0 Å². The first kappa shape index (κ1) is 22.1. The van der Waals surface area contributed by atoms with Gasteiger partial charge < -0.3 is 18.9 Å². The van der Waals surface area contributed by atoms with Gasteiger partial charge in [-0.15, -0.1) is 0 Å². The van der Waals surface area contributed by atoms with E-state index >= 15 is 0 Å². The van der Waals surface area contributed by atoms with E-state index < -0.39 is 12.6 Å². The number of rotatable bonds is 7. The first-order valence-corrected chi connectivity index (χ1v) is 11.1. The van der Waals surface area contributed by atoms with Crippen LogP contribution in [0.15, 0.2) is 41.2 Å². The summed E-state index contributed by atoms with van der Waals surface area (Å²) in [7, 11) is 0. The van der Waals surface area contributed by atoms with E-state index in [4.69, 9.17) is 14.2 Å². The zero-order valence-electron chi connectivity index (χ0n) is 18.7. The largest absolute Gasteiger partial charge is 0.478 e. The van der Waals surface area contributed by atoms with Crippen LogP contribution in [0.1, 0.15) is 46.6 Å². The Balaban J connectivity index is 1.72. The number of carboxylic acids is 1. The molecule has 0 atom stereocenters. The Morgan fingerprint density at radius 1 is 1.29 bits per heavy atom. The van der Waals surface area contributed by atoms with Gasteiger partial charge in [0.05, 0.1) is 28.0 Å². The van der Waals surface area contributed by atoms with Gasteiger partial charge >= 0.3 is 12.6 Å². The maximum atomic E-state index is 13.2. The van der Waals surface area contributed by atoms with Gasteiger partial charge in [-0.25, -0.2) is 4.79 Å². The Morgan fingerprint density at radius 3 is 2.71 bits per heavy atom. The van der Waals surface area contributed by atoms with Crippen molar-refractivity contribution >= 4 is 17.0 Å². The lowest BCUT2D eigenvalue weighted by atomic mass is 9.81. The van der Waals surface area contributed by atoms with Crippen molar-refractivity contribution in [1.29, 1.82) is 0 Å². The summed E-state index contributed by atoms with van der Waals surface area (Å²) in [6.45, 7) is 0.561. The van der Waals surface area contributed by atoms with E-state index in [1.54, 1.807) is 10.8 Å². The summed E-state index contributed by atoms with van der Waals surface area (Å²) in [6.07, 6.45) is 8.00. The van der Waals surface area contributed by atoms with Gasteiger partial charge in [-0.05, 0) is 56.0 Å². The first-order valence-electron chi connectivity index (χ1n) is 11.1. The molecule has 0 radical (unpaired) electrons. The van der Waals surface area contributed by atoms with E-state index in [-0.39, 0.29) is 11.3 Å². The van der Waals surface area contributed by atoms with E-state index in [1.165, 1.54) is 18.6 Å². The predicted octanol–water partition coefficient (Wildman–Crippen LogP) is 5.94. The van der Waals surface area contributed by atoms with Crippen molar-refractivity contribution in [3.63, 3.8) is 0 Å². The minimum atomic E-state index is -3.10. The summed E-state index contributed by atoms with van der Waals surface area (Å²) < 4.78 is 38.3. The van der Waals surface area contributed by atoms with Crippen LogP contribution in [-0.4, -0.2) is 32.4 Å². The molecule has 9 heteroatoms. The summed E-state index contributed by atoms with van der Waals surface area (Å²) in [5, 5.41) is 13.4. The topological polar surface area (TPSA) is 90.4 Å². The van der Waals surface area contributed by atoms with E-state index in [1.807, 2.05) is 26.1 Å². The van der Waals surface area contributed by atoms with Crippen molar-refractivity contribution < 1.29 is 27.9 Å². The minimum absolute atomic E-state index is 0.139. The summed E-state index contributed by atoms with van der Waals surface area (Å²) in [6, 6.07) is 5.90. The highest BCUT2D eigenvalue weighted by Gasteiger charge is 2.24. The van der Waals surface area contributed by atoms with Crippen LogP contribution < -0.4 is 4.74 Å². The molecule has 7 nitrogen and oxygen atoms in total. The molecule has 3 aromatic heterocycles. The Bertz CT molecular complexity index is 1370. The molecule has 1 saturated carbocycles. The number of ether oxygens (including phenoxy) is 1. The average molecular weight is 467 g/mol. The lowest BCUT2D eigenvalue weighted by Crippen LogP contribution is -2.13. The summed E-state index contributed by atoms with van der Waals surface area (Å²) in [4.78, 5) is 16.2. The molecule has 4 aromatic rings. The fraction of sp³-hybridized carbons (Fsp3) is 0.320. The molecular weight excluding hydrogens is 444 g/mol. The Kier molecular flexibility index (Phi) is 5.55. The molecule has 0 unspecified atom stereocenters. The lowest BCUT2D eigenvalue weighted by Gasteiger charge is -2.24. The first-order chi connectivity index (χ1) is 16.3. The Hall–Kier alpha value is -3.75.